The monoisotopic (exact) mass is 240 g/mol. The lowest BCUT2D eigenvalue weighted by Gasteiger charge is -2.22. The van der Waals surface area contributed by atoms with Gasteiger partial charge in [0.25, 0.3) is 5.56 Å². The van der Waals surface area contributed by atoms with Gasteiger partial charge in [0.05, 0.1) is 25.5 Å². The summed E-state index contributed by atoms with van der Waals surface area (Å²) in [5, 5.41) is 8.83. The van der Waals surface area contributed by atoms with Gasteiger partial charge in [-0.1, -0.05) is 0 Å². The van der Waals surface area contributed by atoms with E-state index in [9.17, 15) is 9.59 Å². The molecule has 0 radical (unpaired) electrons. The van der Waals surface area contributed by atoms with Crippen molar-refractivity contribution in [3.05, 3.63) is 27.4 Å². The van der Waals surface area contributed by atoms with Crippen LogP contribution in [0, 0.1) is 6.92 Å². The Hall–Kier alpha value is -1.73. The largest absolute Gasteiger partial charge is 0.477 e. The van der Waals surface area contributed by atoms with Gasteiger partial charge in [0, 0.05) is 0 Å². The van der Waals surface area contributed by atoms with Crippen molar-refractivity contribution in [1.82, 2.24) is 9.97 Å². The van der Waals surface area contributed by atoms with Crippen LogP contribution < -0.4 is 5.56 Å². The number of H-pyrrole nitrogens is 1. The second-order valence-corrected chi connectivity index (χ2v) is 3.65. The van der Waals surface area contributed by atoms with Crippen LogP contribution in [0.15, 0.2) is 4.79 Å². The molecule has 7 heteroatoms. The molecule has 2 rings (SSSR count). The minimum Gasteiger partial charge on any atom is -0.477 e. The highest BCUT2D eigenvalue weighted by Gasteiger charge is 2.22. The van der Waals surface area contributed by atoms with E-state index in [-0.39, 0.29) is 11.3 Å². The first kappa shape index (κ1) is 11.7. The van der Waals surface area contributed by atoms with Crippen molar-refractivity contribution in [3.8, 4) is 0 Å². The molecule has 2 N–H and O–H groups in total. The second-order valence-electron chi connectivity index (χ2n) is 3.65. The first-order chi connectivity index (χ1) is 8.09. The number of hydrogen-bond acceptors (Lipinski definition) is 5. The predicted molar refractivity (Wildman–Crippen MR) is 56.1 cm³/mol. The van der Waals surface area contributed by atoms with Crippen LogP contribution in [-0.4, -0.2) is 40.9 Å². The number of aromatic nitrogens is 2. The lowest BCUT2D eigenvalue weighted by atomic mass is 10.2. The fraction of sp³-hybridized carbons (Fsp3) is 0.500. The van der Waals surface area contributed by atoms with Gasteiger partial charge < -0.3 is 19.6 Å². The lowest BCUT2D eigenvalue weighted by Crippen LogP contribution is -2.29. The zero-order valence-electron chi connectivity index (χ0n) is 9.23. The number of nitrogens with one attached hydrogen (secondary N) is 1. The van der Waals surface area contributed by atoms with Crippen molar-refractivity contribution >= 4 is 5.97 Å². The number of aromatic carboxylic acids is 1. The van der Waals surface area contributed by atoms with E-state index >= 15 is 0 Å². The molecule has 17 heavy (non-hydrogen) atoms. The summed E-state index contributed by atoms with van der Waals surface area (Å²) in [6.45, 7) is 2.71. The van der Waals surface area contributed by atoms with E-state index in [1.54, 1.807) is 0 Å². The minimum atomic E-state index is -1.29. The quantitative estimate of drug-likeness (QED) is 0.746. The van der Waals surface area contributed by atoms with Gasteiger partial charge in [0.15, 0.2) is 0 Å². The molecular weight excluding hydrogens is 228 g/mol. The molecule has 2 heterocycles. The van der Waals surface area contributed by atoms with E-state index in [1.165, 1.54) is 6.92 Å². The van der Waals surface area contributed by atoms with Crippen LogP contribution in [0.5, 0.6) is 0 Å². The summed E-state index contributed by atoms with van der Waals surface area (Å²) >= 11 is 0. The van der Waals surface area contributed by atoms with E-state index in [1.807, 2.05) is 0 Å². The number of aromatic amines is 1. The first-order valence-corrected chi connectivity index (χ1v) is 5.13. The average Bonchev–Trinajstić information content (AvgIpc) is 2.28. The van der Waals surface area contributed by atoms with Gasteiger partial charge in [-0.3, -0.25) is 4.79 Å². The van der Waals surface area contributed by atoms with Crippen molar-refractivity contribution in [2.24, 2.45) is 0 Å². The Morgan fingerprint density at radius 2 is 2.29 bits per heavy atom. The summed E-state index contributed by atoms with van der Waals surface area (Å²) in [6.07, 6.45) is -0.446. The summed E-state index contributed by atoms with van der Waals surface area (Å²) < 4.78 is 10.6. The van der Waals surface area contributed by atoms with Crippen molar-refractivity contribution < 1.29 is 19.4 Å². The summed E-state index contributed by atoms with van der Waals surface area (Å²) in [5.41, 5.74) is -0.843. The van der Waals surface area contributed by atoms with Crippen molar-refractivity contribution in [2.75, 3.05) is 19.8 Å². The smallest absolute Gasteiger partial charge is 0.343 e. The topological polar surface area (TPSA) is 102 Å². The highest BCUT2D eigenvalue weighted by molar-refractivity contribution is 5.88. The molecule has 1 aliphatic heterocycles. The summed E-state index contributed by atoms with van der Waals surface area (Å²) in [6, 6.07) is 0. The molecular formula is C10H12N2O5. The maximum atomic E-state index is 11.6. The molecule has 1 atom stereocenters. The molecule has 1 aliphatic rings. The van der Waals surface area contributed by atoms with Crippen molar-refractivity contribution in [1.29, 1.82) is 0 Å². The average molecular weight is 240 g/mol. The van der Waals surface area contributed by atoms with Crippen LogP contribution in [0.4, 0.5) is 0 Å². The van der Waals surface area contributed by atoms with E-state index in [0.717, 1.165) is 0 Å². The molecule has 1 aromatic rings. The summed E-state index contributed by atoms with van der Waals surface area (Å²) in [5.74, 6) is -0.985. The Balaban J connectivity index is 2.37. The first-order valence-electron chi connectivity index (χ1n) is 5.13. The molecule has 0 spiro atoms. The number of nitrogens with zero attached hydrogens (tertiary/aromatic N) is 1. The maximum absolute atomic E-state index is 11.6. The van der Waals surface area contributed by atoms with E-state index < -0.39 is 17.6 Å². The number of carbonyl (C=O) groups is 1. The van der Waals surface area contributed by atoms with Crippen LogP contribution in [0.1, 0.15) is 28.0 Å². The Labute approximate surface area is 96.4 Å². The molecule has 0 saturated carbocycles. The van der Waals surface area contributed by atoms with Crippen LogP contribution >= 0.6 is 0 Å². The SMILES string of the molecule is Cc1nc(C2COCCO2)[nH]c(=O)c1C(=O)O. The number of ether oxygens (including phenoxy) is 2. The van der Waals surface area contributed by atoms with Crippen molar-refractivity contribution in [3.63, 3.8) is 0 Å². The van der Waals surface area contributed by atoms with Gasteiger partial charge >= 0.3 is 5.97 Å². The number of aryl methyl sites for hydroxylation is 1. The highest BCUT2D eigenvalue weighted by atomic mass is 16.6. The molecule has 0 amide bonds. The van der Waals surface area contributed by atoms with Crippen LogP contribution in [0.2, 0.25) is 0 Å². The highest BCUT2D eigenvalue weighted by Crippen LogP contribution is 2.16. The van der Waals surface area contributed by atoms with Gasteiger partial charge in [-0.15, -0.1) is 0 Å². The number of carboxylic acids is 1. The zero-order valence-corrected chi connectivity index (χ0v) is 9.23. The van der Waals surface area contributed by atoms with Gasteiger partial charge in [-0.2, -0.15) is 0 Å². The number of carboxylic acid groups (broad SMARTS) is 1. The molecule has 1 fully saturated rings. The van der Waals surface area contributed by atoms with Gasteiger partial charge in [0.1, 0.15) is 17.5 Å². The Morgan fingerprint density at radius 3 is 2.82 bits per heavy atom. The molecule has 0 aliphatic carbocycles. The number of hydrogen-bond donors (Lipinski definition) is 2. The third kappa shape index (κ3) is 2.34. The third-order valence-corrected chi connectivity index (χ3v) is 2.45. The van der Waals surface area contributed by atoms with Crippen molar-refractivity contribution in [2.45, 2.75) is 13.0 Å². The molecule has 7 nitrogen and oxygen atoms in total. The zero-order chi connectivity index (χ0) is 12.4. The van der Waals surface area contributed by atoms with E-state index in [0.29, 0.717) is 25.6 Å². The fourth-order valence-electron chi connectivity index (χ4n) is 1.66. The van der Waals surface area contributed by atoms with Gasteiger partial charge in [0.2, 0.25) is 0 Å². The van der Waals surface area contributed by atoms with Crippen LogP contribution in [0.3, 0.4) is 0 Å². The fourth-order valence-corrected chi connectivity index (χ4v) is 1.66. The van der Waals surface area contributed by atoms with E-state index in [4.69, 9.17) is 14.6 Å². The third-order valence-electron chi connectivity index (χ3n) is 2.45. The summed E-state index contributed by atoms with van der Waals surface area (Å²) in [7, 11) is 0. The molecule has 1 saturated heterocycles. The Bertz CT molecular complexity index is 490. The van der Waals surface area contributed by atoms with Crippen LogP contribution in [0.25, 0.3) is 0 Å². The standard InChI is InChI=1S/C10H12N2O5/c1-5-7(10(14)15)9(13)12-8(11-5)6-4-16-2-3-17-6/h6H,2-4H2,1H3,(H,14,15)(H,11,12,13). The lowest BCUT2D eigenvalue weighted by molar-refractivity contribution is -0.0936. The van der Waals surface area contributed by atoms with Crippen LogP contribution in [-0.2, 0) is 9.47 Å². The summed E-state index contributed by atoms with van der Waals surface area (Å²) in [4.78, 5) is 28.8. The molecule has 1 unspecified atom stereocenters. The molecule has 0 bridgehead atoms. The molecule has 0 aromatic carbocycles. The second kappa shape index (κ2) is 4.64. The maximum Gasteiger partial charge on any atom is 0.343 e. The predicted octanol–water partition coefficient (Wildman–Crippen LogP) is -0.136. The molecule has 92 valence electrons. The molecule has 1 aromatic heterocycles. The normalized spacial score (nSPS) is 20.2. The Kier molecular flexibility index (Phi) is 3.21. The van der Waals surface area contributed by atoms with E-state index in [2.05, 4.69) is 9.97 Å². The van der Waals surface area contributed by atoms with Gasteiger partial charge in [-0.25, -0.2) is 9.78 Å². The van der Waals surface area contributed by atoms with Gasteiger partial charge in [-0.05, 0) is 6.92 Å². The number of rotatable bonds is 2. The minimum absolute atomic E-state index is 0.172. The Morgan fingerprint density at radius 1 is 1.53 bits per heavy atom.